The van der Waals surface area contributed by atoms with E-state index in [-0.39, 0.29) is 0 Å². The Bertz CT molecular complexity index is 449. The molecule has 0 saturated heterocycles. The maximum Gasteiger partial charge on any atom is 0.455 e. The van der Waals surface area contributed by atoms with E-state index in [1.54, 1.807) is 0 Å². The van der Waals surface area contributed by atoms with Gasteiger partial charge in [0.25, 0.3) is 20.2 Å². The molecule has 0 spiro atoms. The van der Waals surface area contributed by atoms with Crippen molar-refractivity contribution in [2.24, 2.45) is 0 Å². The fraction of sp³-hybridized carbons (Fsp3) is 1.00. The lowest BCUT2D eigenvalue weighted by Crippen LogP contribution is -2.16. The molecule has 0 aliphatic carbocycles. The lowest BCUT2D eigenvalue weighted by atomic mass is 12.0. The second-order valence-electron chi connectivity index (χ2n) is 2.09. The normalized spacial score (nSPS) is 14.0. The summed E-state index contributed by atoms with van der Waals surface area (Å²) in [5.41, 5.74) is 0. The Morgan fingerprint density at radius 2 is 0.867 bits per heavy atom. The van der Waals surface area contributed by atoms with Crippen LogP contribution in [-0.4, -0.2) is 37.8 Å². The van der Waals surface area contributed by atoms with Gasteiger partial charge in [-0.05, 0) is 0 Å². The standard InChI is InChI=1S/C2H6O10S3/c1-13(3,4)9-11-15(7,8)12-10-14(2,5)6/h1-2H3. The summed E-state index contributed by atoms with van der Waals surface area (Å²) in [6.45, 7) is 0. The predicted octanol–water partition coefficient (Wildman–Crippen LogP) is -1.95. The van der Waals surface area contributed by atoms with Gasteiger partial charge in [0.15, 0.2) is 0 Å². The molecule has 0 aromatic heterocycles. The molecular formula is C2H6O10S3. The van der Waals surface area contributed by atoms with Gasteiger partial charge in [0.05, 0.1) is 12.5 Å². The van der Waals surface area contributed by atoms with Crippen molar-refractivity contribution in [1.82, 2.24) is 0 Å². The molecule has 0 unspecified atom stereocenters. The molecule has 0 N–H and O–H groups in total. The van der Waals surface area contributed by atoms with Gasteiger partial charge in [-0.15, -0.1) is 0 Å². The van der Waals surface area contributed by atoms with Crippen LogP contribution < -0.4 is 0 Å². The minimum Gasteiger partial charge on any atom is -0.197 e. The van der Waals surface area contributed by atoms with E-state index in [0.29, 0.717) is 12.5 Å². The van der Waals surface area contributed by atoms with Crippen LogP contribution in [0.15, 0.2) is 0 Å². The van der Waals surface area contributed by atoms with Gasteiger partial charge in [-0.2, -0.15) is 25.3 Å². The van der Waals surface area contributed by atoms with Gasteiger partial charge in [0.2, 0.25) is 0 Å². The Kier molecular flexibility index (Phi) is 4.59. The average molecular weight is 286 g/mol. The predicted molar refractivity (Wildman–Crippen MR) is 42.9 cm³/mol. The van der Waals surface area contributed by atoms with Gasteiger partial charge >= 0.3 is 10.4 Å². The fourth-order valence-electron chi connectivity index (χ4n) is 0.180. The highest BCUT2D eigenvalue weighted by Crippen LogP contribution is 2.02. The molecule has 13 heteroatoms. The maximum atomic E-state index is 10.5. The first-order chi connectivity index (χ1) is 6.41. The van der Waals surface area contributed by atoms with E-state index in [2.05, 4.69) is 17.3 Å². The SMILES string of the molecule is CS(=O)(=O)OOS(=O)(=O)OOS(C)(=O)=O. The van der Waals surface area contributed by atoms with Crippen molar-refractivity contribution >= 4 is 30.6 Å². The third-order valence-electron chi connectivity index (χ3n) is 0.469. The molecule has 0 aliphatic heterocycles. The van der Waals surface area contributed by atoms with E-state index >= 15 is 0 Å². The molecule has 10 nitrogen and oxygen atoms in total. The van der Waals surface area contributed by atoms with Gasteiger partial charge in [-0.25, -0.2) is 0 Å². The van der Waals surface area contributed by atoms with E-state index in [1.165, 1.54) is 0 Å². The topological polar surface area (TPSA) is 139 Å². The lowest BCUT2D eigenvalue weighted by molar-refractivity contribution is -0.154. The van der Waals surface area contributed by atoms with E-state index in [0.717, 1.165) is 0 Å². The van der Waals surface area contributed by atoms with E-state index in [9.17, 15) is 25.3 Å². The molecular weight excluding hydrogens is 280 g/mol. The summed E-state index contributed by atoms with van der Waals surface area (Å²) in [6.07, 6.45) is 0.972. The Hall–Kier alpha value is -0.310. The van der Waals surface area contributed by atoms with E-state index < -0.39 is 30.6 Å². The van der Waals surface area contributed by atoms with Gasteiger partial charge in [0.1, 0.15) is 0 Å². The van der Waals surface area contributed by atoms with Crippen LogP contribution in [0.1, 0.15) is 0 Å². The lowest BCUT2D eigenvalue weighted by Gasteiger charge is -2.00. The van der Waals surface area contributed by atoms with Crippen molar-refractivity contribution in [1.29, 1.82) is 0 Å². The van der Waals surface area contributed by atoms with Crippen molar-refractivity contribution in [3.05, 3.63) is 0 Å². The number of hydrogen-bond donors (Lipinski definition) is 0. The summed E-state index contributed by atoms with van der Waals surface area (Å²) in [5, 5.41) is 0. The van der Waals surface area contributed by atoms with Gasteiger partial charge in [-0.3, -0.25) is 0 Å². The van der Waals surface area contributed by atoms with Crippen LogP contribution in [0.4, 0.5) is 0 Å². The van der Waals surface area contributed by atoms with Gasteiger partial charge < -0.3 is 0 Å². The zero-order chi connectivity index (χ0) is 12.3. The van der Waals surface area contributed by atoms with E-state index in [4.69, 9.17) is 0 Å². The first kappa shape index (κ1) is 14.7. The molecule has 0 bridgehead atoms. The van der Waals surface area contributed by atoms with Crippen molar-refractivity contribution < 1.29 is 42.6 Å². The summed E-state index contributed by atoms with van der Waals surface area (Å²) in [6, 6.07) is 0. The summed E-state index contributed by atoms with van der Waals surface area (Å²) < 4.78 is 75.2. The molecule has 15 heavy (non-hydrogen) atoms. The fourth-order valence-corrected chi connectivity index (χ4v) is 1.55. The highest BCUT2D eigenvalue weighted by Gasteiger charge is 2.21. The minimum atomic E-state index is -5.05. The molecule has 92 valence electrons. The molecule has 0 radical (unpaired) electrons. The summed E-state index contributed by atoms with van der Waals surface area (Å²) in [5.74, 6) is 0. The van der Waals surface area contributed by atoms with Crippen molar-refractivity contribution in [2.45, 2.75) is 0 Å². The molecule has 0 heterocycles. The Balaban J connectivity index is 4.35. The average Bonchev–Trinajstić information content (AvgIpc) is 1.96. The minimum absolute atomic E-state index is 0.486. The third-order valence-corrected chi connectivity index (χ3v) is 1.74. The molecule has 0 aromatic rings. The first-order valence-electron chi connectivity index (χ1n) is 2.82. The van der Waals surface area contributed by atoms with Gasteiger partial charge in [-0.1, -0.05) is 17.3 Å². The van der Waals surface area contributed by atoms with Crippen LogP contribution in [-0.2, 0) is 48.0 Å². The van der Waals surface area contributed by atoms with Crippen molar-refractivity contribution in [3.8, 4) is 0 Å². The second-order valence-corrected chi connectivity index (χ2v) is 6.27. The number of hydrogen-bond acceptors (Lipinski definition) is 10. The molecule has 0 rings (SSSR count). The van der Waals surface area contributed by atoms with Gasteiger partial charge in [0, 0.05) is 0 Å². The Morgan fingerprint density at radius 3 is 1.07 bits per heavy atom. The highest BCUT2D eigenvalue weighted by molar-refractivity contribution is 7.87. The van der Waals surface area contributed by atoms with Crippen LogP contribution in [0.2, 0.25) is 0 Å². The second kappa shape index (κ2) is 4.69. The molecule has 0 aromatic carbocycles. The van der Waals surface area contributed by atoms with Crippen molar-refractivity contribution in [3.63, 3.8) is 0 Å². The summed E-state index contributed by atoms with van der Waals surface area (Å²) >= 11 is 0. The maximum absolute atomic E-state index is 10.5. The summed E-state index contributed by atoms with van der Waals surface area (Å²) in [7, 11) is -13.4. The van der Waals surface area contributed by atoms with Crippen molar-refractivity contribution in [2.75, 3.05) is 12.5 Å². The molecule has 0 atom stereocenters. The quantitative estimate of drug-likeness (QED) is 0.399. The highest BCUT2D eigenvalue weighted by atomic mass is 32.3. The Labute approximate surface area is 86.1 Å². The zero-order valence-electron chi connectivity index (χ0n) is 7.31. The summed E-state index contributed by atoms with van der Waals surface area (Å²) in [4.78, 5) is 0. The van der Waals surface area contributed by atoms with Crippen LogP contribution >= 0.6 is 0 Å². The third kappa shape index (κ3) is 9.98. The monoisotopic (exact) mass is 286 g/mol. The van der Waals surface area contributed by atoms with Crippen LogP contribution in [0, 0.1) is 0 Å². The van der Waals surface area contributed by atoms with Crippen LogP contribution in [0.25, 0.3) is 0 Å². The smallest absolute Gasteiger partial charge is 0.197 e. The Morgan fingerprint density at radius 1 is 0.600 bits per heavy atom. The van der Waals surface area contributed by atoms with Crippen LogP contribution in [0.3, 0.4) is 0 Å². The molecule has 0 fully saturated rings. The molecule has 0 aliphatic rings. The molecule has 0 amide bonds. The largest absolute Gasteiger partial charge is 0.455 e. The van der Waals surface area contributed by atoms with Crippen LogP contribution in [0.5, 0.6) is 0 Å². The first-order valence-corrected chi connectivity index (χ1v) is 7.78. The zero-order valence-corrected chi connectivity index (χ0v) is 9.76. The number of rotatable bonds is 6. The van der Waals surface area contributed by atoms with E-state index in [1.807, 2.05) is 0 Å². The molecule has 0 saturated carbocycles.